The van der Waals surface area contributed by atoms with Crippen LogP contribution in [-0.4, -0.2) is 25.0 Å². The Hall–Kier alpha value is -6.95. The summed E-state index contributed by atoms with van der Waals surface area (Å²) in [6.45, 7) is 6.24. The molecule has 0 bridgehead atoms. The second-order valence-corrected chi connectivity index (χ2v) is 14.6. The van der Waals surface area contributed by atoms with E-state index in [-0.39, 0.29) is 26.8 Å². The number of furan rings is 1. The number of benzene rings is 7. The number of phenolic OH excluding ortho intramolecular Hbond substituents is 1. The molecular formula is C51H36N5O2Pt-. The van der Waals surface area contributed by atoms with Crippen LogP contribution in [-0.2, 0) is 21.1 Å². The van der Waals surface area contributed by atoms with Crippen LogP contribution in [0.2, 0.25) is 0 Å². The zero-order valence-electron chi connectivity index (χ0n) is 32.4. The number of hydrogen-bond acceptors (Lipinski definition) is 7. The number of anilines is 3. The molecule has 10 aromatic rings. The van der Waals surface area contributed by atoms with Gasteiger partial charge in [0.25, 0.3) is 0 Å². The van der Waals surface area contributed by atoms with Crippen LogP contribution in [0.15, 0.2) is 162 Å². The topological polar surface area (TPSA) is 88.2 Å². The van der Waals surface area contributed by atoms with Crippen LogP contribution in [0.1, 0.15) is 16.7 Å². The second kappa shape index (κ2) is 15.4. The van der Waals surface area contributed by atoms with Crippen molar-refractivity contribution in [2.24, 2.45) is 0 Å². The van der Waals surface area contributed by atoms with Crippen LogP contribution >= 0.6 is 0 Å². The third kappa shape index (κ3) is 6.83. The van der Waals surface area contributed by atoms with Crippen molar-refractivity contribution in [3.05, 3.63) is 181 Å². The van der Waals surface area contributed by atoms with Crippen LogP contribution in [0, 0.1) is 26.8 Å². The summed E-state index contributed by atoms with van der Waals surface area (Å²) in [5.74, 6) is 2.07. The molecule has 0 saturated heterocycles. The van der Waals surface area contributed by atoms with Gasteiger partial charge in [0, 0.05) is 54.5 Å². The molecule has 288 valence electrons. The molecule has 0 aliphatic carbocycles. The summed E-state index contributed by atoms with van der Waals surface area (Å²) in [5.41, 5.74) is 10.3. The van der Waals surface area contributed by atoms with E-state index in [2.05, 4.69) is 117 Å². The van der Waals surface area contributed by atoms with Crippen molar-refractivity contribution in [3.63, 3.8) is 0 Å². The molecule has 0 unspecified atom stereocenters. The van der Waals surface area contributed by atoms with Gasteiger partial charge in [-0.3, -0.25) is 9.97 Å². The van der Waals surface area contributed by atoms with Crippen molar-refractivity contribution < 1.29 is 30.6 Å². The number of aromatic nitrogens is 4. The first-order valence-corrected chi connectivity index (χ1v) is 19.2. The van der Waals surface area contributed by atoms with Gasteiger partial charge in [0.2, 0.25) is 0 Å². The minimum absolute atomic E-state index is 0. The molecular weight excluding hydrogens is 910 g/mol. The number of pyridine rings is 1. The number of para-hydroxylation sites is 3. The summed E-state index contributed by atoms with van der Waals surface area (Å²) < 4.78 is 6.61. The molecule has 0 radical (unpaired) electrons. The molecule has 7 aromatic carbocycles. The van der Waals surface area contributed by atoms with Crippen LogP contribution in [0.4, 0.5) is 17.2 Å². The van der Waals surface area contributed by atoms with Crippen LogP contribution < -0.4 is 4.90 Å². The molecule has 59 heavy (non-hydrogen) atoms. The zero-order chi connectivity index (χ0) is 39.3. The van der Waals surface area contributed by atoms with Gasteiger partial charge in [-0.05, 0) is 79.4 Å². The monoisotopic (exact) mass is 945 g/mol. The minimum atomic E-state index is 0. The number of rotatable bonds is 7. The first-order chi connectivity index (χ1) is 28.4. The summed E-state index contributed by atoms with van der Waals surface area (Å²) in [4.78, 5) is 22.3. The number of aryl methyl sites for hydroxylation is 3. The van der Waals surface area contributed by atoms with Gasteiger partial charge < -0.3 is 14.4 Å². The molecule has 3 aromatic heterocycles. The average Bonchev–Trinajstić information content (AvgIpc) is 3.63. The second-order valence-electron chi connectivity index (χ2n) is 14.6. The quantitative estimate of drug-likeness (QED) is 0.159. The molecule has 1 N–H and O–H groups in total. The summed E-state index contributed by atoms with van der Waals surface area (Å²) in [5, 5.41) is 15.3. The fourth-order valence-corrected chi connectivity index (χ4v) is 8.12. The van der Waals surface area contributed by atoms with E-state index in [1.165, 1.54) is 0 Å². The maximum Gasteiger partial charge on any atom is 0.158 e. The Kier molecular flexibility index (Phi) is 9.83. The third-order valence-corrected chi connectivity index (χ3v) is 10.6. The number of hydrogen-bond donors (Lipinski definition) is 1. The largest absolute Gasteiger partial charge is 0.507 e. The molecule has 0 amide bonds. The third-order valence-electron chi connectivity index (χ3n) is 10.6. The van der Waals surface area contributed by atoms with E-state index in [9.17, 15) is 5.11 Å². The molecule has 0 atom stereocenters. The Morgan fingerprint density at radius 3 is 2.07 bits per heavy atom. The predicted octanol–water partition coefficient (Wildman–Crippen LogP) is 12.9. The number of phenols is 1. The van der Waals surface area contributed by atoms with Gasteiger partial charge in [0.15, 0.2) is 11.6 Å². The van der Waals surface area contributed by atoms with Gasteiger partial charge in [-0.2, -0.15) is 0 Å². The van der Waals surface area contributed by atoms with E-state index in [0.29, 0.717) is 28.6 Å². The normalized spacial score (nSPS) is 11.2. The van der Waals surface area contributed by atoms with Crippen molar-refractivity contribution in [1.82, 2.24) is 19.9 Å². The molecule has 10 rings (SSSR count). The average molecular weight is 946 g/mol. The van der Waals surface area contributed by atoms with E-state index in [1.807, 2.05) is 54.6 Å². The summed E-state index contributed by atoms with van der Waals surface area (Å²) in [7, 11) is 0. The molecule has 0 spiro atoms. The van der Waals surface area contributed by atoms with E-state index in [0.717, 1.165) is 83.3 Å². The minimum Gasteiger partial charge on any atom is -0.507 e. The van der Waals surface area contributed by atoms with Crippen LogP contribution in [0.3, 0.4) is 0 Å². The first kappa shape index (κ1) is 37.6. The van der Waals surface area contributed by atoms with Gasteiger partial charge >= 0.3 is 0 Å². The molecule has 8 heteroatoms. The van der Waals surface area contributed by atoms with Crippen molar-refractivity contribution in [3.8, 4) is 51.0 Å². The maximum atomic E-state index is 11.1. The summed E-state index contributed by atoms with van der Waals surface area (Å²) in [6, 6.07) is 54.3. The van der Waals surface area contributed by atoms with Crippen molar-refractivity contribution in [2.45, 2.75) is 20.8 Å². The van der Waals surface area contributed by atoms with Crippen LogP contribution in [0.5, 0.6) is 5.75 Å². The number of nitrogens with zero attached hydrogens (tertiary/aromatic N) is 5. The molecule has 0 fully saturated rings. The molecule has 0 aliphatic rings. The Balaban J connectivity index is 0.00000449. The van der Waals surface area contributed by atoms with Gasteiger partial charge in [-0.15, -0.1) is 23.8 Å². The van der Waals surface area contributed by atoms with Gasteiger partial charge in [-0.25, -0.2) is 9.97 Å². The van der Waals surface area contributed by atoms with E-state index >= 15 is 0 Å². The van der Waals surface area contributed by atoms with Gasteiger partial charge in [0.1, 0.15) is 22.7 Å². The molecule has 0 aliphatic heterocycles. The fourth-order valence-electron chi connectivity index (χ4n) is 8.12. The Bertz CT molecular complexity index is 3170. The molecule has 7 nitrogen and oxygen atoms in total. The van der Waals surface area contributed by atoms with Gasteiger partial charge in [0.05, 0.1) is 17.1 Å². The Labute approximate surface area is 356 Å². The van der Waals surface area contributed by atoms with E-state index in [1.54, 1.807) is 18.3 Å². The smallest absolute Gasteiger partial charge is 0.158 e. The fraction of sp³-hybridized carbons (Fsp3) is 0.0588. The standard InChI is InChI=1S/C51H36N5O2.Pt/c1-31-26-32(2)47(33(3)27-31)51-54-49(53-50(55-51)42-18-6-8-22-44(42)57)36-28-35(39-19-13-20-41-40-17-7-9-23-45(40)58-48(39)41)29-37(30-36)56(46-24-10-11-25-52-46)43-21-12-15-34-14-4-5-16-38(34)43;/h4-29,57H,1-3H3;/q-1;. The molecule has 0 saturated carbocycles. The maximum absolute atomic E-state index is 11.1. The SMILES string of the molecule is Cc1cc(C)c(-c2nc(-c3[c-]c(N(c4ccccn4)c4cccc5ccccc45)cc(-c4cccc5c4oc4ccccc45)c3)nc(-c3ccccc3O)n2)c(C)c1.[Pt]. The van der Waals surface area contributed by atoms with Gasteiger partial charge in [-0.1, -0.05) is 114 Å². The molecule has 3 heterocycles. The number of fused-ring (bicyclic) bond motifs is 4. The van der Waals surface area contributed by atoms with Crippen molar-refractivity contribution in [2.75, 3.05) is 4.90 Å². The number of aromatic hydroxyl groups is 1. The first-order valence-electron chi connectivity index (χ1n) is 19.2. The zero-order valence-corrected chi connectivity index (χ0v) is 34.7. The van der Waals surface area contributed by atoms with Crippen molar-refractivity contribution >= 4 is 49.9 Å². The Morgan fingerprint density at radius 2 is 1.25 bits per heavy atom. The van der Waals surface area contributed by atoms with Crippen molar-refractivity contribution in [1.29, 1.82) is 0 Å². The summed E-state index contributed by atoms with van der Waals surface area (Å²) >= 11 is 0. The van der Waals surface area contributed by atoms with E-state index < -0.39 is 0 Å². The Morgan fingerprint density at radius 1 is 0.593 bits per heavy atom. The predicted molar refractivity (Wildman–Crippen MR) is 234 cm³/mol. The van der Waals surface area contributed by atoms with E-state index in [4.69, 9.17) is 24.4 Å². The summed E-state index contributed by atoms with van der Waals surface area (Å²) in [6.07, 6.45) is 1.80. The van der Waals surface area contributed by atoms with Crippen LogP contribution in [0.25, 0.3) is 78.0 Å².